The van der Waals surface area contributed by atoms with E-state index in [1.54, 1.807) is 32.9 Å². The van der Waals surface area contributed by atoms with Crippen LogP contribution in [0.25, 0.3) is 0 Å². The summed E-state index contributed by atoms with van der Waals surface area (Å²) in [7, 11) is 0. The monoisotopic (exact) mass is 243 g/mol. The highest BCUT2D eigenvalue weighted by Crippen LogP contribution is 2.06. The zero-order valence-corrected chi connectivity index (χ0v) is 11.1. The summed E-state index contributed by atoms with van der Waals surface area (Å²) in [5.41, 5.74) is -0.540. The van der Waals surface area contributed by atoms with Crippen molar-refractivity contribution < 1.29 is 19.1 Å². The topological polar surface area (TPSA) is 64.6 Å². The Hall–Kier alpha value is -1.52. The molecule has 0 aliphatic carbocycles. The highest BCUT2D eigenvalue weighted by atomic mass is 16.6. The van der Waals surface area contributed by atoms with Gasteiger partial charge in [-0.05, 0) is 33.8 Å². The molecule has 0 spiro atoms. The molecule has 0 unspecified atom stereocenters. The maximum atomic E-state index is 11.4. The van der Waals surface area contributed by atoms with Crippen LogP contribution in [0.15, 0.2) is 12.2 Å². The van der Waals surface area contributed by atoms with Crippen molar-refractivity contribution in [3.63, 3.8) is 0 Å². The van der Waals surface area contributed by atoms with Gasteiger partial charge in [0.25, 0.3) is 0 Å². The van der Waals surface area contributed by atoms with E-state index in [1.807, 2.05) is 6.92 Å². The average Bonchev–Trinajstić information content (AvgIpc) is 2.11. The molecular weight excluding hydrogens is 222 g/mol. The van der Waals surface area contributed by atoms with Gasteiger partial charge in [-0.2, -0.15) is 0 Å². The zero-order chi connectivity index (χ0) is 13.5. The molecule has 0 saturated carbocycles. The fourth-order valence-corrected chi connectivity index (χ4v) is 1.07. The molecule has 0 fully saturated rings. The molecule has 0 aromatic rings. The van der Waals surface area contributed by atoms with E-state index in [4.69, 9.17) is 9.47 Å². The van der Waals surface area contributed by atoms with Crippen LogP contribution < -0.4 is 5.32 Å². The van der Waals surface area contributed by atoms with Crippen LogP contribution in [0.2, 0.25) is 0 Å². The molecule has 0 bridgehead atoms. The van der Waals surface area contributed by atoms with Gasteiger partial charge < -0.3 is 14.8 Å². The second-order valence-corrected chi connectivity index (χ2v) is 4.56. The summed E-state index contributed by atoms with van der Waals surface area (Å²) in [6.07, 6.45) is 2.45. The van der Waals surface area contributed by atoms with E-state index >= 15 is 0 Å². The molecule has 1 N–H and O–H groups in total. The molecule has 0 radical (unpaired) electrons. The predicted octanol–water partition coefficient (Wildman–Crippen LogP) is 2.02. The fraction of sp³-hybridized carbons (Fsp3) is 0.667. The highest BCUT2D eigenvalue weighted by molar-refractivity contribution is 5.68. The van der Waals surface area contributed by atoms with E-state index in [2.05, 4.69) is 5.32 Å². The Labute approximate surface area is 102 Å². The Balaban J connectivity index is 4.12. The van der Waals surface area contributed by atoms with Crippen molar-refractivity contribution in [3.05, 3.63) is 12.2 Å². The maximum absolute atomic E-state index is 11.4. The molecule has 0 aromatic carbocycles. The third-order valence-electron chi connectivity index (χ3n) is 1.57. The lowest BCUT2D eigenvalue weighted by molar-refractivity contribution is -0.144. The van der Waals surface area contributed by atoms with Gasteiger partial charge in [0.2, 0.25) is 0 Å². The minimum Gasteiger partial charge on any atom is -0.456 e. The number of hydrogen-bond acceptors (Lipinski definition) is 4. The number of amides is 1. The number of esters is 1. The van der Waals surface area contributed by atoms with E-state index in [1.165, 1.54) is 6.92 Å². The van der Waals surface area contributed by atoms with Gasteiger partial charge in [-0.3, -0.25) is 4.79 Å². The molecule has 0 saturated heterocycles. The number of hydrogen-bond donors (Lipinski definition) is 1. The van der Waals surface area contributed by atoms with Crippen LogP contribution in [0.5, 0.6) is 0 Å². The Kier molecular flexibility index (Phi) is 6.31. The molecule has 5 heteroatoms. The summed E-state index contributed by atoms with van der Waals surface area (Å²) in [6.45, 7) is 8.67. The minimum absolute atomic E-state index is 0.193. The van der Waals surface area contributed by atoms with Crippen molar-refractivity contribution >= 4 is 12.1 Å². The van der Waals surface area contributed by atoms with Crippen LogP contribution in [0.1, 0.15) is 34.6 Å². The summed E-state index contributed by atoms with van der Waals surface area (Å²) < 4.78 is 10.0. The molecule has 0 aliphatic heterocycles. The summed E-state index contributed by atoms with van der Waals surface area (Å²) in [5.74, 6) is -0.390. The summed E-state index contributed by atoms with van der Waals surface area (Å²) in [5, 5.41) is 2.54. The normalized spacial score (nSPS) is 13.2. The average molecular weight is 243 g/mol. The van der Waals surface area contributed by atoms with Gasteiger partial charge in [-0.15, -0.1) is 0 Å². The van der Waals surface area contributed by atoms with E-state index in [-0.39, 0.29) is 12.5 Å². The number of carbonyl (C=O) groups excluding carboxylic acids is 2. The molecule has 98 valence electrons. The van der Waals surface area contributed by atoms with Gasteiger partial charge in [-0.1, -0.05) is 6.08 Å². The summed E-state index contributed by atoms with van der Waals surface area (Å²) in [4.78, 5) is 22.2. The fourth-order valence-electron chi connectivity index (χ4n) is 1.07. The van der Waals surface area contributed by atoms with Crippen molar-refractivity contribution in [3.8, 4) is 0 Å². The molecule has 1 amide bonds. The first-order valence-electron chi connectivity index (χ1n) is 5.51. The van der Waals surface area contributed by atoms with Crippen LogP contribution in [0.3, 0.4) is 0 Å². The van der Waals surface area contributed by atoms with Crippen molar-refractivity contribution in [2.24, 2.45) is 0 Å². The van der Waals surface area contributed by atoms with Gasteiger partial charge in [0.1, 0.15) is 11.7 Å². The lowest BCUT2D eigenvalue weighted by Gasteiger charge is -2.21. The Morgan fingerprint density at radius 2 is 1.94 bits per heavy atom. The number of nitrogens with one attached hydrogen (secondary N) is 1. The molecular formula is C12H21NO4. The van der Waals surface area contributed by atoms with Gasteiger partial charge in [0.05, 0.1) is 6.54 Å². The quantitative estimate of drug-likeness (QED) is 0.606. The summed E-state index contributed by atoms with van der Waals surface area (Å²) >= 11 is 0. The third-order valence-corrected chi connectivity index (χ3v) is 1.57. The van der Waals surface area contributed by atoms with Crippen molar-refractivity contribution in [2.75, 3.05) is 6.54 Å². The molecule has 0 heterocycles. The Bertz CT molecular complexity index is 291. The Morgan fingerprint density at radius 3 is 2.35 bits per heavy atom. The highest BCUT2D eigenvalue weighted by Gasteiger charge is 2.17. The first-order chi connectivity index (χ1) is 7.74. The van der Waals surface area contributed by atoms with Gasteiger partial charge >= 0.3 is 12.1 Å². The van der Waals surface area contributed by atoms with Crippen molar-refractivity contribution in [2.45, 2.75) is 46.3 Å². The number of ether oxygens (including phenoxy) is 2. The van der Waals surface area contributed by atoms with Gasteiger partial charge in [0.15, 0.2) is 0 Å². The molecule has 0 aliphatic rings. The second kappa shape index (κ2) is 6.93. The maximum Gasteiger partial charge on any atom is 0.407 e. The minimum atomic E-state index is -0.540. The lowest BCUT2D eigenvalue weighted by atomic mass is 10.2. The van der Waals surface area contributed by atoms with E-state index < -0.39 is 17.8 Å². The lowest BCUT2D eigenvalue weighted by Crippen LogP contribution is -2.37. The SMILES string of the molecule is C/C=C/[C@@H](CNC(=O)OC(C)(C)C)OC(C)=O. The number of rotatable bonds is 4. The van der Waals surface area contributed by atoms with E-state index in [0.717, 1.165) is 0 Å². The third kappa shape index (κ3) is 9.41. The zero-order valence-electron chi connectivity index (χ0n) is 11.1. The van der Waals surface area contributed by atoms with Crippen molar-refractivity contribution in [1.82, 2.24) is 5.32 Å². The number of carbonyl (C=O) groups is 2. The van der Waals surface area contributed by atoms with Gasteiger partial charge in [0, 0.05) is 6.92 Å². The predicted molar refractivity (Wildman–Crippen MR) is 64.6 cm³/mol. The molecule has 1 atom stereocenters. The van der Waals surface area contributed by atoms with Crippen LogP contribution in [0, 0.1) is 0 Å². The standard InChI is InChI=1S/C12H21NO4/c1-6-7-10(16-9(2)14)8-13-11(15)17-12(3,4)5/h6-7,10H,8H2,1-5H3,(H,13,15)/b7-6+/t10-/m0/s1. The van der Waals surface area contributed by atoms with Crippen LogP contribution in [-0.2, 0) is 14.3 Å². The summed E-state index contributed by atoms with van der Waals surface area (Å²) in [6, 6.07) is 0. The van der Waals surface area contributed by atoms with Gasteiger partial charge in [-0.25, -0.2) is 4.79 Å². The van der Waals surface area contributed by atoms with Crippen LogP contribution >= 0.6 is 0 Å². The molecule has 17 heavy (non-hydrogen) atoms. The van der Waals surface area contributed by atoms with Crippen LogP contribution in [-0.4, -0.2) is 30.3 Å². The van der Waals surface area contributed by atoms with Crippen molar-refractivity contribution in [1.29, 1.82) is 0 Å². The van der Waals surface area contributed by atoms with Crippen LogP contribution in [0.4, 0.5) is 4.79 Å². The first-order valence-corrected chi connectivity index (χ1v) is 5.51. The Morgan fingerprint density at radius 1 is 1.35 bits per heavy atom. The first kappa shape index (κ1) is 15.5. The number of alkyl carbamates (subject to hydrolysis) is 1. The molecule has 5 nitrogen and oxygen atoms in total. The molecule has 0 aromatic heterocycles. The van der Waals surface area contributed by atoms with E-state index in [0.29, 0.717) is 0 Å². The number of allylic oxidation sites excluding steroid dienone is 1. The largest absolute Gasteiger partial charge is 0.456 e. The second-order valence-electron chi connectivity index (χ2n) is 4.56. The molecule has 0 rings (SSSR count). The smallest absolute Gasteiger partial charge is 0.407 e. The van der Waals surface area contributed by atoms with E-state index in [9.17, 15) is 9.59 Å².